The Morgan fingerprint density at radius 1 is 1.31 bits per heavy atom. The summed E-state index contributed by atoms with van der Waals surface area (Å²) in [5, 5.41) is 4.23. The molecule has 144 valence electrons. The van der Waals surface area contributed by atoms with Gasteiger partial charge < -0.3 is 15.2 Å². The van der Waals surface area contributed by atoms with Gasteiger partial charge in [0.05, 0.1) is 17.6 Å². The number of hydrogen-bond acceptors (Lipinski definition) is 5. The van der Waals surface area contributed by atoms with Crippen LogP contribution in [0.5, 0.6) is 5.75 Å². The second-order valence-electron chi connectivity index (χ2n) is 7.04. The van der Waals surface area contributed by atoms with Crippen LogP contribution in [0, 0.1) is 0 Å². The van der Waals surface area contributed by atoms with Gasteiger partial charge in [0, 0.05) is 25.1 Å². The number of ether oxygens (including phenoxy) is 2. The first kappa shape index (κ1) is 20.7. The summed E-state index contributed by atoms with van der Waals surface area (Å²) >= 11 is 1.50. The van der Waals surface area contributed by atoms with Crippen LogP contribution in [0.1, 0.15) is 0 Å². The van der Waals surface area contributed by atoms with Crippen molar-refractivity contribution in [2.75, 3.05) is 18.6 Å². The molecule has 5 nitrogen and oxygen atoms in total. The van der Waals surface area contributed by atoms with E-state index in [-0.39, 0.29) is 12.5 Å². The van der Waals surface area contributed by atoms with Gasteiger partial charge in [-0.3, -0.25) is 0 Å². The zero-order valence-electron chi connectivity index (χ0n) is 15.5. The van der Waals surface area contributed by atoms with Gasteiger partial charge in [0.2, 0.25) is 0 Å². The number of aromatic nitrogens is 2. The molecule has 2 aromatic rings. The Bertz CT molecular complexity index is 735. The van der Waals surface area contributed by atoms with Crippen molar-refractivity contribution < 1.29 is 18.3 Å². The van der Waals surface area contributed by atoms with Gasteiger partial charge in [0.25, 0.3) is 0 Å². The van der Waals surface area contributed by atoms with Crippen LogP contribution in [0.2, 0.25) is 25.7 Å². The number of rotatable bonds is 9. The van der Waals surface area contributed by atoms with E-state index < -0.39 is 14.7 Å². The van der Waals surface area contributed by atoms with E-state index in [2.05, 4.69) is 29.5 Å². The zero-order valence-corrected chi connectivity index (χ0v) is 17.3. The highest BCUT2D eigenvalue weighted by Crippen LogP contribution is 2.37. The van der Waals surface area contributed by atoms with Crippen LogP contribution in [0.25, 0.3) is 11.3 Å². The average molecular weight is 402 g/mol. The molecule has 0 fully saturated rings. The zero-order chi connectivity index (χ0) is 19.3. The molecule has 0 unspecified atom stereocenters. The number of hydrogen-bond donors (Lipinski definition) is 1. The fraction of sp³-hybridized carbons (Fsp3) is 0.471. The number of nitrogens with two attached hydrogens (primary N) is 1. The van der Waals surface area contributed by atoms with Crippen molar-refractivity contribution in [3.05, 3.63) is 24.4 Å². The minimum absolute atomic E-state index is 0.0633. The standard InChI is InChI=1S/C17H25F2N3O2SSi/c1-25-12-5-6-15(24-17(18)19)13(9-12)16-14(20)10-21-22(16)11-23-7-8-26(2,3)4/h5-6,9-10,17H,7-8,11,20H2,1-4H3. The van der Waals surface area contributed by atoms with Crippen molar-refractivity contribution >= 4 is 25.5 Å². The lowest BCUT2D eigenvalue weighted by Gasteiger charge is -2.17. The molecule has 0 atom stereocenters. The fourth-order valence-electron chi connectivity index (χ4n) is 2.34. The lowest BCUT2D eigenvalue weighted by molar-refractivity contribution is -0.0495. The number of thioether (sulfide) groups is 1. The number of benzene rings is 1. The molecule has 0 aliphatic heterocycles. The Hall–Kier alpha value is -1.58. The van der Waals surface area contributed by atoms with Gasteiger partial charge in [-0.15, -0.1) is 11.8 Å². The summed E-state index contributed by atoms with van der Waals surface area (Å²) in [6.07, 6.45) is 3.40. The van der Waals surface area contributed by atoms with E-state index >= 15 is 0 Å². The third-order valence-electron chi connectivity index (χ3n) is 3.74. The summed E-state index contributed by atoms with van der Waals surface area (Å²) in [5.74, 6) is 0.0633. The van der Waals surface area contributed by atoms with Gasteiger partial charge in [-0.25, -0.2) is 4.68 Å². The molecule has 0 aliphatic rings. The van der Waals surface area contributed by atoms with Crippen molar-refractivity contribution in [2.24, 2.45) is 0 Å². The number of anilines is 1. The van der Waals surface area contributed by atoms with Crippen LogP contribution < -0.4 is 10.5 Å². The van der Waals surface area contributed by atoms with E-state index in [4.69, 9.17) is 10.5 Å². The largest absolute Gasteiger partial charge is 0.434 e. The molecule has 26 heavy (non-hydrogen) atoms. The third-order valence-corrected chi connectivity index (χ3v) is 6.17. The predicted molar refractivity (Wildman–Crippen MR) is 105 cm³/mol. The molecule has 0 saturated heterocycles. The Morgan fingerprint density at radius 3 is 2.65 bits per heavy atom. The van der Waals surface area contributed by atoms with Crippen molar-refractivity contribution in [1.29, 1.82) is 0 Å². The first-order valence-corrected chi connectivity index (χ1v) is 13.2. The minimum atomic E-state index is -2.92. The monoisotopic (exact) mass is 401 g/mol. The molecular formula is C17H25F2N3O2SSi. The smallest absolute Gasteiger partial charge is 0.387 e. The Labute approximate surface area is 157 Å². The molecule has 1 aromatic carbocycles. The van der Waals surface area contributed by atoms with E-state index in [0.29, 0.717) is 23.6 Å². The van der Waals surface area contributed by atoms with E-state index in [9.17, 15) is 8.78 Å². The summed E-state index contributed by atoms with van der Waals surface area (Å²) in [7, 11) is -1.19. The number of nitrogens with zero attached hydrogens (tertiary/aromatic N) is 2. The van der Waals surface area contributed by atoms with Crippen LogP contribution in [-0.4, -0.2) is 37.3 Å². The van der Waals surface area contributed by atoms with Crippen molar-refractivity contribution in [3.63, 3.8) is 0 Å². The third kappa shape index (κ3) is 5.71. The summed E-state index contributed by atoms with van der Waals surface area (Å²) in [4.78, 5) is 0.911. The van der Waals surface area contributed by atoms with Gasteiger partial charge in [-0.05, 0) is 30.5 Å². The lowest BCUT2D eigenvalue weighted by atomic mass is 10.1. The van der Waals surface area contributed by atoms with Crippen molar-refractivity contribution in [1.82, 2.24) is 9.78 Å². The van der Waals surface area contributed by atoms with Crippen molar-refractivity contribution in [2.45, 2.75) is 43.9 Å². The average Bonchev–Trinajstić information content (AvgIpc) is 2.91. The molecule has 9 heteroatoms. The van der Waals surface area contributed by atoms with Crippen LogP contribution in [0.4, 0.5) is 14.5 Å². The van der Waals surface area contributed by atoms with E-state index in [0.717, 1.165) is 10.9 Å². The summed E-state index contributed by atoms with van der Waals surface area (Å²) in [6, 6.07) is 6.05. The molecule has 2 N–H and O–H groups in total. The van der Waals surface area contributed by atoms with Crippen LogP contribution in [0.3, 0.4) is 0 Å². The SMILES string of the molecule is CSc1ccc(OC(F)F)c(-c2c(N)cnn2COCC[Si](C)(C)C)c1. The van der Waals surface area contributed by atoms with Gasteiger partial charge in [-0.2, -0.15) is 13.9 Å². The number of halogens is 2. The Balaban J connectivity index is 2.29. The predicted octanol–water partition coefficient (Wildman–Crippen LogP) is 4.77. The van der Waals surface area contributed by atoms with Gasteiger partial charge in [0.15, 0.2) is 0 Å². The molecule has 0 radical (unpaired) electrons. The quantitative estimate of drug-likeness (QED) is 0.373. The maximum atomic E-state index is 12.8. The molecule has 2 rings (SSSR count). The van der Waals surface area contributed by atoms with Crippen molar-refractivity contribution in [3.8, 4) is 17.0 Å². The molecule has 1 aromatic heterocycles. The van der Waals surface area contributed by atoms with Gasteiger partial charge >= 0.3 is 6.61 Å². The highest BCUT2D eigenvalue weighted by molar-refractivity contribution is 7.98. The number of alkyl halides is 2. The molecule has 0 bridgehead atoms. The summed E-state index contributed by atoms with van der Waals surface area (Å²) < 4.78 is 37.6. The molecule has 0 saturated carbocycles. The fourth-order valence-corrected chi connectivity index (χ4v) is 3.54. The molecule has 1 heterocycles. The van der Waals surface area contributed by atoms with E-state index in [1.165, 1.54) is 24.0 Å². The molecule has 0 spiro atoms. The Kier molecular flexibility index (Phi) is 7.07. The normalized spacial score (nSPS) is 12.0. The number of nitrogen functional groups attached to an aromatic ring is 1. The van der Waals surface area contributed by atoms with Gasteiger partial charge in [0.1, 0.15) is 12.5 Å². The Morgan fingerprint density at radius 2 is 2.04 bits per heavy atom. The van der Waals surface area contributed by atoms with Crippen LogP contribution in [0.15, 0.2) is 29.3 Å². The van der Waals surface area contributed by atoms with E-state index in [1.54, 1.807) is 16.8 Å². The topological polar surface area (TPSA) is 62.3 Å². The highest BCUT2D eigenvalue weighted by atomic mass is 32.2. The van der Waals surface area contributed by atoms with E-state index in [1.807, 2.05) is 6.26 Å². The first-order chi connectivity index (χ1) is 12.2. The summed E-state index contributed by atoms with van der Waals surface area (Å²) in [5.41, 5.74) is 7.43. The minimum Gasteiger partial charge on any atom is -0.434 e. The maximum absolute atomic E-state index is 12.8. The summed E-state index contributed by atoms with van der Waals surface area (Å²) in [6.45, 7) is 4.73. The molecule has 0 aliphatic carbocycles. The second-order valence-corrected chi connectivity index (χ2v) is 13.5. The first-order valence-electron chi connectivity index (χ1n) is 8.23. The van der Waals surface area contributed by atoms with Gasteiger partial charge in [-0.1, -0.05) is 19.6 Å². The molecular weight excluding hydrogens is 376 g/mol. The maximum Gasteiger partial charge on any atom is 0.387 e. The highest BCUT2D eigenvalue weighted by Gasteiger charge is 2.19. The lowest BCUT2D eigenvalue weighted by Crippen LogP contribution is -2.22. The second kappa shape index (κ2) is 8.87. The molecule has 0 amide bonds. The van der Waals surface area contributed by atoms with Crippen LogP contribution in [-0.2, 0) is 11.5 Å². The van der Waals surface area contributed by atoms with Crippen LogP contribution >= 0.6 is 11.8 Å².